The van der Waals surface area contributed by atoms with Crippen LogP contribution in [-0.2, 0) is 16.0 Å². The van der Waals surface area contributed by atoms with Gasteiger partial charge in [-0.2, -0.15) is 0 Å². The number of benzene rings is 2. The minimum absolute atomic E-state index is 0.335. The number of nitrogens with one attached hydrogen (secondary N) is 1. The van der Waals surface area contributed by atoms with Gasteiger partial charge in [0.2, 0.25) is 0 Å². The Hall–Kier alpha value is -3.46. The first kappa shape index (κ1) is 26.6. The minimum atomic E-state index is -1.35. The average molecular weight is 526 g/mol. The normalized spacial score (nSPS) is 20.3. The molecule has 0 spiro atoms. The predicted octanol–water partition coefficient (Wildman–Crippen LogP) is 5.34. The number of fused-ring (bicyclic) bond motifs is 1. The van der Waals surface area contributed by atoms with Crippen LogP contribution in [0.1, 0.15) is 55.0 Å². The summed E-state index contributed by atoms with van der Waals surface area (Å²) < 4.78 is 18.6. The number of carboxylic acids is 1. The van der Waals surface area contributed by atoms with Crippen molar-refractivity contribution in [2.45, 2.75) is 65.6 Å². The van der Waals surface area contributed by atoms with Gasteiger partial charge in [-0.25, -0.2) is 4.79 Å². The molecule has 1 atom stereocenters. The molecule has 9 heteroatoms. The van der Waals surface area contributed by atoms with E-state index >= 15 is 0 Å². The summed E-state index contributed by atoms with van der Waals surface area (Å²) in [6.07, 6.45) is 3.13. The molecule has 2 aliphatic heterocycles. The van der Waals surface area contributed by atoms with Crippen LogP contribution in [0.25, 0.3) is 6.08 Å². The van der Waals surface area contributed by atoms with Crippen LogP contribution in [0.3, 0.4) is 0 Å². The molecule has 2 aliphatic rings. The highest BCUT2D eigenvalue weighted by atomic mass is 32.2. The first-order valence-corrected chi connectivity index (χ1v) is 12.8. The second-order valence-electron chi connectivity index (χ2n) is 10.2. The van der Waals surface area contributed by atoms with E-state index in [1.807, 2.05) is 52.0 Å². The van der Waals surface area contributed by atoms with Crippen LogP contribution < -0.4 is 19.5 Å². The van der Waals surface area contributed by atoms with Crippen LogP contribution in [0.2, 0.25) is 0 Å². The molecule has 0 aromatic heterocycles. The van der Waals surface area contributed by atoms with Crippen LogP contribution in [0.5, 0.6) is 17.2 Å². The maximum atomic E-state index is 11.7. The van der Waals surface area contributed by atoms with Gasteiger partial charge in [0.25, 0.3) is 11.1 Å². The Morgan fingerprint density at radius 1 is 1.16 bits per heavy atom. The van der Waals surface area contributed by atoms with Gasteiger partial charge in [-0.1, -0.05) is 12.1 Å². The Balaban J connectivity index is 1.47. The summed E-state index contributed by atoms with van der Waals surface area (Å²) in [5.74, 6) is 0.659. The number of aliphatic carboxylic acids is 1. The van der Waals surface area contributed by atoms with Crippen LogP contribution in [-0.4, -0.2) is 40.0 Å². The fourth-order valence-corrected chi connectivity index (χ4v) is 4.99. The van der Waals surface area contributed by atoms with Crippen LogP contribution in [0, 0.1) is 20.8 Å². The van der Waals surface area contributed by atoms with Gasteiger partial charge in [0.05, 0.1) is 4.91 Å². The second-order valence-corrected chi connectivity index (χ2v) is 11.2. The van der Waals surface area contributed by atoms with E-state index in [9.17, 15) is 19.5 Å². The van der Waals surface area contributed by atoms with E-state index in [-0.39, 0.29) is 11.1 Å². The lowest BCUT2D eigenvalue weighted by atomic mass is 9.87. The van der Waals surface area contributed by atoms with Gasteiger partial charge in [-0.3, -0.25) is 14.9 Å². The van der Waals surface area contributed by atoms with E-state index in [0.717, 1.165) is 58.2 Å². The predicted molar refractivity (Wildman–Crippen MR) is 141 cm³/mol. The maximum Gasteiger partial charge on any atom is 0.347 e. The summed E-state index contributed by atoms with van der Waals surface area (Å²) in [5, 5.41) is 11.4. The third-order valence-corrected chi connectivity index (χ3v) is 7.61. The van der Waals surface area contributed by atoms with Crippen molar-refractivity contribution in [3.63, 3.8) is 0 Å². The molecule has 1 saturated heterocycles. The summed E-state index contributed by atoms with van der Waals surface area (Å²) in [4.78, 5) is 35.1. The Morgan fingerprint density at radius 2 is 1.84 bits per heavy atom. The summed E-state index contributed by atoms with van der Waals surface area (Å²) in [6, 6.07) is 7.29. The highest BCUT2D eigenvalue weighted by Crippen LogP contribution is 2.44. The lowest BCUT2D eigenvalue weighted by Gasteiger charge is -2.38. The Bertz CT molecular complexity index is 1310. The molecule has 1 unspecified atom stereocenters. The van der Waals surface area contributed by atoms with Crippen molar-refractivity contribution < 1.29 is 33.7 Å². The fraction of sp³-hybridized carbons (Fsp3) is 0.393. The molecule has 196 valence electrons. The highest BCUT2D eigenvalue weighted by molar-refractivity contribution is 8.18. The van der Waals surface area contributed by atoms with Crippen molar-refractivity contribution in [1.29, 1.82) is 0 Å². The molecule has 2 N–H and O–H groups in total. The molecule has 8 nitrogen and oxygen atoms in total. The molecule has 0 aliphatic carbocycles. The molecule has 0 saturated carbocycles. The zero-order chi connectivity index (χ0) is 27.1. The lowest BCUT2D eigenvalue weighted by molar-refractivity contribution is -0.152. The Morgan fingerprint density at radius 3 is 2.43 bits per heavy atom. The van der Waals surface area contributed by atoms with E-state index in [1.54, 1.807) is 19.9 Å². The van der Waals surface area contributed by atoms with Crippen molar-refractivity contribution in [1.82, 2.24) is 5.32 Å². The highest BCUT2D eigenvalue weighted by Gasteiger charge is 2.37. The van der Waals surface area contributed by atoms with E-state index < -0.39 is 17.2 Å². The summed E-state index contributed by atoms with van der Waals surface area (Å²) in [6.45, 7) is 11.3. The van der Waals surface area contributed by atoms with Crippen molar-refractivity contribution in [2.24, 2.45) is 0 Å². The molecule has 37 heavy (non-hydrogen) atoms. The zero-order valence-electron chi connectivity index (χ0n) is 21.8. The zero-order valence-corrected chi connectivity index (χ0v) is 22.6. The second kappa shape index (κ2) is 9.78. The first-order valence-electron chi connectivity index (χ1n) is 12.0. The third kappa shape index (κ3) is 5.46. The number of carbonyl (C=O) groups excluding carboxylic acids is 2. The number of carboxylic acid groups (broad SMARTS) is 1. The standard InChI is InChI=1S/C28H31NO7S/c1-15-16(2)23-20(17(3)22(15)35-27(4,5)25(31)32)11-12-28(6,36-23)14-34-19-9-7-18(8-10-19)13-21-24(30)29-26(33)37-21/h7-10,13H,11-12,14H2,1-6H3,(H,31,32)(H,29,30,33). The molecule has 2 amide bonds. The summed E-state index contributed by atoms with van der Waals surface area (Å²) >= 11 is 0.883. The molecule has 1 fully saturated rings. The van der Waals surface area contributed by atoms with Crippen LogP contribution in [0.4, 0.5) is 4.79 Å². The number of hydrogen-bond acceptors (Lipinski definition) is 7. The van der Waals surface area contributed by atoms with E-state index in [1.165, 1.54) is 0 Å². The Labute approximate surface area is 220 Å². The average Bonchev–Trinajstić information content (AvgIpc) is 3.16. The number of imide groups is 1. The number of carbonyl (C=O) groups is 3. The van der Waals surface area contributed by atoms with E-state index in [4.69, 9.17) is 14.2 Å². The van der Waals surface area contributed by atoms with Gasteiger partial charge in [0, 0.05) is 5.56 Å². The molecule has 2 aromatic carbocycles. The van der Waals surface area contributed by atoms with E-state index in [0.29, 0.717) is 23.0 Å². The van der Waals surface area contributed by atoms with Crippen LogP contribution >= 0.6 is 11.8 Å². The summed E-state index contributed by atoms with van der Waals surface area (Å²) in [7, 11) is 0. The molecule has 0 radical (unpaired) electrons. The van der Waals surface area contributed by atoms with Gasteiger partial charge >= 0.3 is 5.97 Å². The number of ether oxygens (including phenoxy) is 3. The van der Waals surface area contributed by atoms with E-state index in [2.05, 4.69) is 5.32 Å². The van der Waals surface area contributed by atoms with Gasteiger partial charge in [-0.05, 0) is 107 Å². The number of hydrogen-bond donors (Lipinski definition) is 2. The Kier molecular flexibility index (Phi) is 7.03. The lowest BCUT2D eigenvalue weighted by Crippen LogP contribution is -2.43. The van der Waals surface area contributed by atoms with Gasteiger partial charge in [-0.15, -0.1) is 0 Å². The quantitative estimate of drug-likeness (QED) is 0.466. The van der Waals surface area contributed by atoms with Gasteiger partial charge in [0.1, 0.15) is 29.5 Å². The largest absolute Gasteiger partial charge is 0.489 e. The minimum Gasteiger partial charge on any atom is -0.489 e. The monoisotopic (exact) mass is 525 g/mol. The van der Waals surface area contributed by atoms with Crippen molar-refractivity contribution in [2.75, 3.05) is 6.61 Å². The molecule has 2 heterocycles. The van der Waals surface area contributed by atoms with Gasteiger partial charge < -0.3 is 19.3 Å². The molecule has 4 rings (SSSR count). The molecule has 2 aromatic rings. The number of amides is 2. The first-order chi connectivity index (χ1) is 17.3. The third-order valence-electron chi connectivity index (χ3n) is 6.80. The topological polar surface area (TPSA) is 111 Å². The van der Waals surface area contributed by atoms with Crippen LogP contribution in [0.15, 0.2) is 29.2 Å². The van der Waals surface area contributed by atoms with Crippen molar-refractivity contribution in [3.8, 4) is 17.2 Å². The number of rotatable bonds is 7. The SMILES string of the molecule is Cc1c(C)c2c(c(C)c1OC(C)(C)C(=O)O)CCC(C)(COc1ccc(C=C3SC(=O)NC3=O)cc1)O2. The van der Waals surface area contributed by atoms with Gasteiger partial charge in [0.15, 0.2) is 5.60 Å². The smallest absolute Gasteiger partial charge is 0.347 e. The maximum absolute atomic E-state index is 11.7. The summed E-state index contributed by atoms with van der Waals surface area (Å²) in [5.41, 5.74) is 2.60. The van der Waals surface area contributed by atoms with Crippen molar-refractivity contribution >= 4 is 35.0 Å². The number of thioether (sulfide) groups is 1. The molecular weight excluding hydrogens is 494 g/mol. The van der Waals surface area contributed by atoms with Crippen molar-refractivity contribution in [3.05, 3.63) is 57.0 Å². The fourth-order valence-electron chi connectivity index (χ4n) is 4.30. The molecule has 0 bridgehead atoms. The molecular formula is C28H31NO7S.